The minimum absolute atomic E-state index is 0.138. The quantitative estimate of drug-likeness (QED) is 0.909. The van der Waals surface area contributed by atoms with Crippen LogP contribution in [-0.2, 0) is 10.0 Å². The molecule has 2 aromatic rings. The molecule has 0 aliphatic rings. The number of hydrogen-bond donors (Lipinski definition) is 2. The third-order valence-electron chi connectivity index (χ3n) is 2.11. The predicted octanol–water partition coefficient (Wildman–Crippen LogP) is 2.62. The number of carbonyl (C=O) groups is 1. The summed E-state index contributed by atoms with van der Waals surface area (Å²) >= 11 is 2.01. The van der Waals surface area contributed by atoms with E-state index < -0.39 is 16.0 Å². The molecule has 8 heteroatoms. The molecule has 2 aromatic heterocycles. The van der Waals surface area contributed by atoms with Gasteiger partial charge in [-0.25, -0.2) is 13.2 Å². The number of aromatic carboxylic acids is 1. The van der Waals surface area contributed by atoms with Gasteiger partial charge >= 0.3 is 5.97 Å². The Bertz CT molecular complexity index is 670. The fourth-order valence-corrected chi connectivity index (χ4v) is 4.53. The van der Waals surface area contributed by atoms with Crippen LogP contribution >= 0.6 is 22.7 Å². The molecule has 0 unspecified atom stereocenters. The molecule has 18 heavy (non-hydrogen) atoms. The van der Waals surface area contributed by atoms with Crippen molar-refractivity contribution < 1.29 is 18.3 Å². The van der Waals surface area contributed by atoms with Crippen molar-refractivity contribution >= 4 is 43.7 Å². The van der Waals surface area contributed by atoms with Gasteiger partial charge in [-0.3, -0.25) is 4.72 Å². The molecule has 2 rings (SSSR count). The third kappa shape index (κ3) is 2.55. The van der Waals surface area contributed by atoms with Gasteiger partial charge in [0, 0.05) is 0 Å². The van der Waals surface area contributed by atoms with Crippen molar-refractivity contribution in [2.24, 2.45) is 0 Å². The first-order chi connectivity index (χ1) is 8.40. The molecule has 0 aliphatic carbocycles. The smallest absolute Gasteiger partial charge is 0.346 e. The molecule has 0 aliphatic heterocycles. The van der Waals surface area contributed by atoms with Gasteiger partial charge in [0.1, 0.15) is 14.1 Å². The lowest BCUT2D eigenvalue weighted by Gasteiger charge is -2.02. The van der Waals surface area contributed by atoms with Crippen molar-refractivity contribution in [1.82, 2.24) is 0 Å². The van der Waals surface area contributed by atoms with Gasteiger partial charge in [0.2, 0.25) is 0 Å². The van der Waals surface area contributed by atoms with Gasteiger partial charge < -0.3 is 5.11 Å². The van der Waals surface area contributed by atoms with Crippen molar-refractivity contribution in [3.63, 3.8) is 0 Å². The Morgan fingerprint density at radius 2 is 2.17 bits per heavy atom. The molecule has 0 saturated carbocycles. The first-order valence-electron chi connectivity index (χ1n) is 4.80. The zero-order valence-corrected chi connectivity index (χ0v) is 11.7. The van der Waals surface area contributed by atoms with E-state index in [9.17, 15) is 13.2 Å². The Morgan fingerprint density at radius 1 is 1.44 bits per heavy atom. The summed E-state index contributed by atoms with van der Waals surface area (Å²) in [6, 6.07) is 4.65. The van der Waals surface area contributed by atoms with Gasteiger partial charge in [0.15, 0.2) is 0 Å². The van der Waals surface area contributed by atoms with Gasteiger partial charge in [0.05, 0.1) is 0 Å². The van der Waals surface area contributed by atoms with Gasteiger partial charge in [0.25, 0.3) is 10.0 Å². The summed E-state index contributed by atoms with van der Waals surface area (Å²) in [7, 11) is -3.61. The maximum atomic E-state index is 11.9. The Hall–Kier alpha value is -1.38. The molecule has 2 N–H and O–H groups in total. The topological polar surface area (TPSA) is 83.5 Å². The summed E-state index contributed by atoms with van der Waals surface area (Å²) in [6.07, 6.45) is 0. The van der Waals surface area contributed by atoms with Gasteiger partial charge in [-0.1, -0.05) is 6.07 Å². The summed E-state index contributed by atoms with van der Waals surface area (Å²) < 4.78 is 26.4. The number of thiophene rings is 2. The van der Waals surface area contributed by atoms with Crippen molar-refractivity contribution in [3.05, 3.63) is 34.0 Å². The van der Waals surface area contributed by atoms with E-state index in [1.165, 1.54) is 12.1 Å². The van der Waals surface area contributed by atoms with E-state index in [0.29, 0.717) is 10.6 Å². The van der Waals surface area contributed by atoms with Gasteiger partial charge in [-0.15, -0.1) is 22.7 Å². The highest BCUT2D eigenvalue weighted by Crippen LogP contribution is 2.29. The number of sulfonamides is 1. The van der Waals surface area contributed by atoms with Crippen molar-refractivity contribution in [3.8, 4) is 0 Å². The molecule has 0 bridgehead atoms. The predicted molar refractivity (Wildman–Crippen MR) is 71.1 cm³/mol. The number of hydrogen-bond acceptors (Lipinski definition) is 5. The SMILES string of the molecule is Cc1cc(NS(=O)(=O)c2cccs2)sc1C(=O)O. The van der Waals surface area contributed by atoms with Crippen molar-refractivity contribution in [2.45, 2.75) is 11.1 Å². The standard InChI is InChI=1S/C10H9NO4S3/c1-6-5-7(17-9(6)10(12)13)11-18(14,15)8-3-2-4-16-8/h2-5,11H,1H3,(H,12,13). The van der Waals surface area contributed by atoms with Crippen LogP contribution in [0.25, 0.3) is 0 Å². The van der Waals surface area contributed by atoms with Crippen LogP contribution in [0.15, 0.2) is 27.8 Å². The van der Waals surface area contributed by atoms with E-state index in [2.05, 4.69) is 4.72 Å². The van der Waals surface area contributed by atoms with Crippen LogP contribution in [0.3, 0.4) is 0 Å². The van der Waals surface area contributed by atoms with Crippen LogP contribution in [0.5, 0.6) is 0 Å². The Morgan fingerprint density at radius 3 is 2.67 bits per heavy atom. The van der Waals surface area contributed by atoms with Crippen molar-refractivity contribution in [2.75, 3.05) is 4.72 Å². The second-order valence-electron chi connectivity index (χ2n) is 3.47. The Balaban J connectivity index is 2.30. The monoisotopic (exact) mass is 303 g/mol. The number of rotatable bonds is 4. The lowest BCUT2D eigenvalue weighted by atomic mass is 10.3. The molecule has 0 saturated heterocycles. The van der Waals surface area contributed by atoms with Crippen LogP contribution < -0.4 is 4.72 Å². The van der Waals surface area contributed by atoms with E-state index in [-0.39, 0.29) is 9.09 Å². The number of anilines is 1. The molecule has 5 nitrogen and oxygen atoms in total. The Labute approximate surface area is 112 Å². The first kappa shape index (κ1) is 13.1. The number of nitrogens with one attached hydrogen (secondary N) is 1. The van der Waals surface area contributed by atoms with Crippen LogP contribution in [0.1, 0.15) is 15.2 Å². The lowest BCUT2D eigenvalue weighted by molar-refractivity contribution is 0.0701. The molecule has 0 fully saturated rings. The van der Waals surface area contributed by atoms with Crippen LogP contribution in [0.2, 0.25) is 0 Å². The molecule has 0 aromatic carbocycles. The molecular weight excluding hydrogens is 294 g/mol. The molecule has 0 atom stereocenters. The maximum absolute atomic E-state index is 11.9. The first-order valence-corrected chi connectivity index (χ1v) is 7.98. The minimum Gasteiger partial charge on any atom is -0.477 e. The van der Waals surface area contributed by atoms with E-state index in [4.69, 9.17) is 5.11 Å². The highest BCUT2D eigenvalue weighted by molar-refractivity contribution is 7.94. The normalized spacial score (nSPS) is 11.4. The second-order valence-corrected chi connectivity index (χ2v) is 7.37. The number of carboxylic acids is 1. The number of carboxylic acid groups (broad SMARTS) is 1. The fraction of sp³-hybridized carbons (Fsp3) is 0.100. The van der Waals surface area contributed by atoms with Crippen molar-refractivity contribution in [1.29, 1.82) is 0 Å². The largest absolute Gasteiger partial charge is 0.477 e. The van der Waals surface area contributed by atoms with E-state index in [1.807, 2.05) is 0 Å². The van der Waals surface area contributed by atoms with Crippen LogP contribution in [-0.4, -0.2) is 19.5 Å². The van der Waals surface area contributed by atoms with Crippen LogP contribution in [0, 0.1) is 6.92 Å². The van der Waals surface area contributed by atoms with Gasteiger partial charge in [-0.05, 0) is 30.0 Å². The average molecular weight is 303 g/mol. The molecule has 96 valence electrons. The van der Waals surface area contributed by atoms with Gasteiger partial charge in [-0.2, -0.15) is 0 Å². The summed E-state index contributed by atoms with van der Waals surface area (Å²) in [5, 5.41) is 10.9. The highest BCUT2D eigenvalue weighted by atomic mass is 32.2. The van der Waals surface area contributed by atoms with E-state index in [1.54, 1.807) is 18.4 Å². The second kappa shape index (κ2) is 4.71. The highest BCUT2D eigenvalue weighted by Gasteiger charge is 2.19. The molecule has 0 amide bonds. The zero-order chi connectivity index (χ0) is 13.3. The molecule has 2 heterocycles. The van der Waals surface area contributed by atoms with Crippen LogP contribution in [0.4, 0.5) is 5.00 Å². The third-order valence-corrected chi connectivity index (χ3v) is 6.14. The lowest BCUT2D eigenvalue weighted by Crippen LogP contribution is -2.10. The summed E-state index contributed by atoms with van der Waals surface area (Å²) in [4.78, 5) is 11.0. The summed E-state index contributed by atoms with van der Waals surface area (Å²) in [6.45, 7) is 1.63. The summed E-state index contributed by atoms with van der Waals surface area (Å²) in [5.74, 6) is -1.06. The van der Waals surface area contributed by atoms with E-state index >= 15 is 0 Å². The van der Waals surface area contributed by atoms with E-state index in [0.717, 1.165) is 22.7 Å². The molecular formula is C10H9NO4S3. The fourth-order valence-electron chi connectivity index (χ4n) is 1.34. The maximum Gasteiger partial charge on any atom is 0.346 e. The molecule has 0 radical (unpaired) electrons. The minimum atomic E-state index is -3.61. The zero-order valence-electron chi connectivity index (χ0n) is 9.21. The Kier molecular flexibility index (Phi) is 3.42. The average Bonchev–Trinajstić information content (AvgIpc) is 2.86. The molecule has 0 spiro atoms. The number of aryl methyl sites for hydroxylation is 1. The summed E-state index contributed by atoms with van der Waals surface area (Å²) in [5.41, 5.74) is 0.538.